The molecule has 184 valence electrons. The molecule has 6 rings (SSSR count). The summed E-state index contributed by atoms with van der Waals surface area (Å²) in [5.41, 5.74) is 1.87. The second kappa shape index (κ2) is 8.01. The number of fused-ring (bicyclic) bond motifs is 2. The Hall–Kier alpha value is -3.50. The molecule has 3 aromatic heterocycles. The molecule has 0 spiro atoms. The van der Waals surface area contributed by atoms with Gasteiger partial charge in [0.25, 0.3) is 0 Å². The van der Waals surface area contributed by atoms with Crippen LogP contribution in [0.4, 0.5) is 11.6 Å². The van der Waals surface area contributed by atoms with E-state index >= 15 is 0 Å². The summed E-state index contributed by atoms with van der Waals surface area (Å²) in [5, 5.41) is 7.65. The SMILES string of the molecule is CNc1ncc(-c2nc3c(B4OC(C)(C)C(C)(C)O4)cccc3o2)c2cc(NC(=O)C3CC3)ncc12. The average Bonchev–Trinajstić information content (AvgIpc) is 3.56. The first-order valence-electron chi connectivity index (χ1n) is 12.2. The fourth-order valence-electron chi connectivity index (χ4n) is 4.39. The molecule has 36 heavy (non-hydrogen) atoms. The number of pyridine rings is 2. The number of nitrogens with one attached hydrogen (secondary N) is 2. The summed E-state index contributed by atoms with van der Waals surface area (Å²) in [5.74, 6) is 1.66. The Morgan fingerprint density at radius 2 is 1.81 bits per heavy atom. The predicted octanol–water partition coefficient (Wildman–Crippen LogP) is 4.13. The van der Waals surface area contributed by atoms with Crippen molar-refractivity contribution in [1.82, 2.24) is 15.0 Å². The number of anilines is 2. The normalized spacial score (nSPS) is 18.6. The van der Waals surface area contributed by atoms with Gasteiger partial charge < -0.3 is 24.4 Å². The number of para-hydroxylation sites is 1. The van der Waals surface area contributed by atoms with E-state index in [2.05, 4.69) is 20.6 Å². The van der Waals surface area contributed by atoms with Gasteiger partial charge >= 0.3 is 7.12 Å². The fraction of sp³-hybridized carbons (Fsp3) is 0.385. The average molecular weight is 485 g/mol. The minimum atomic E-state index is -0.563. The molecule has 1 saturated heterocycles. The van der Waals surface area contributed by atoms with Crippen LogP contribution in [0.2, 0.25) is 0 Å². The third-order valence-corrected chi connectivity index (χ3v) is 7.40. The largest absolute Gasteiger partial charge is 0.497 e. The summed E-state index contributed by atoms with van der Waals surface area (Å²) in [6.45, 7) is 8.10. The highest BCUT2D eigenvalue weighted by molar-refractivity contribution is 6.64. The maximum absolute atomic E-state index is 12.3. The maximum atomic E-state index is 12.3. The number of hydrogen-bond acceptors (Lipinski definition) is 8. The fourth-order valence-corrected chi connectivity index (χ4v) is 4.39. The third kappa shape index (κ3) is 3.72. The third-order valence-electron chi connectivity index (χ3n) is 7.40. The van der Waals surface area contributed by atoms with E-state index in [0.717, 1.165) is 29.1 Å². The van der Waals surface area contributed by atoms with Crippen molar-refractivity contribution < 1.29 is 18.5 Å². The molecule has 9 nitrogen and oxygen atoms in total. The molecule has 0 radical (unpaired) electrons. The maximum Gasteiger partial charge on any atom is 0.497 e. The molecule has 2 N–H and O–H groups in total. The lowest BCUT2D eigenvalue weighted by atomic mass is 9.78. The van der Waals surface area contributed by atoms with E-state index in [1.807, 2.05) is 52.0 Å². The second-order valence-corrected chi connectivity index (χ2v) is 10.5. The Morgan fingerprint density at radius 3 is 2.50 bits per heavy atom. The zero-order chi connectivity index (χ0) is 25.2. The van der Waals surface area contributed by atoms with Crippen molar-refractivity contribution in [3.8, 4) is 11.5 Å². The van der Waals surface area contributed by atoms with E-state index in [1.165, 1.54) is 0 Å². The smallest absolute Gasteiger partial charge is 0.436 e. The Balaban J connectivity index is 1.45. The van der Waals surface area contributed by atoms with Crippen LogP contribution in [0.1, 0.15) is 40.5 Å². The van der Waals surface area contributed by atoms with Crippen LogP contribution in [0.25, 0.3) is 33.3 Å². The lowest BCUT2D eigenvalue weighted by molar-refractivity contribution is -0.117. The number of hydrogen-bond donors (Lipinski definition) is 2. The highest BCUT2D eigenvalue weighted by Crippen LogP contribution is 2.38. The van der Waals surface area contributed by atoms with Gasteiger partial charge in [-0.05, 0) is 52.7 Å². The van der Waals surface area contributed by atoms with Gasteiger partial charge in [0, 0.05) is 41.6 Å². The number of carbonyl (C=O) groups excluding carboxylic acids is 1. The lowest BCUT2D eigenvalue weighted by Gasteiger charge is -2.32. The first kappa shape index (κ1) is 22.9. The molecule has 4 heterocycles. The van der Waals surface area contributed by atoms with Crippen molar-refractivity contribution in [2.75, 3.05) is 17.7 Å². The van der Waals surface area contributed by atoms with Crippen LogP contribution in [0.15, 0.2) is 41.1 Å². The number of rotatable bonds is 5. The molecule has 2 aliphatic rings. The molecule has 1 amide bonds. The number of benzene rings is 1. The topological polar surface area (TPSA) is 111 Å². The number of amides is 1. The molecule has 1 saturated carbocycles. The van der Waals surface area contributed by atoms with E-state index in [9.17, 15) is 4.79 Å². The van der Waals surface area contributed by atoms with E-state index in [-0.39, 0.29) is 11.8 Å². The molecule has 1 aromatic carbocycles. The van der Waals surface area contributed by atoms with Gasteiger partial charge in [0.2, 0.25) is 11.8 Å². The number of carbonyl (C=O) groups is 1. The van der Waals surface area contributed by atoms with Crippen LogP contribution in [0.3, 0.4) is 0 Å². The van der Waals surface area contributed by atoms with Crippen molar-refractivity contribution in [1.29, 1.82) is 0 Å². The molecule has 1 aliphatic carbocycles. The summed E-state index contributed by atoms with van der Waals surface area (Å²) in [7, 11) is 1.24. The monoisotopic (exact) mass is 485 g/mol. The van der Waals surface area contributed by atoms with Crippen molar-refractivity contribution >= 4 is 52.0 Å². The summed E-state index contributed by atoms with van der Waals surface area (Å²) < 4.78 is 18.8. The van der Waals surface area contributed by atoms with E-state index in [4.69, 9.17) is 18.7 Å². The Bertz CT molecular complexity index is 1500. The molecular formula is C26H28BN5O4. The molecule has 0 atom stereocenters. The molecule has 10 heteroatoms. The van der Waals surface area contributed by atoms with Crippen LogP contribution in [0, 0.1) is 5.92 Å². The molecule has 4 aromatic rings. The second-order valence-electron chi connectivity index (χ2n) is 10.5. The Morgan fingerprint density at radius 1 is 1.06 bits per heavy atom. The standard InChI is InChI=1S/C26H28BN5O4/c1-25(2)26(3,4)36-27(35-25)18-7-6-8-19-21(18)32-24(34-19)17-13-30-22(28-5)16-12-29-20(11-15(16)17)31-23(33)14-9-10-14/h6-8,11-14H,9-10H2,1-5H3,(H,28,30)(H,29,31,33). The highest BCUT2D eigenvalue weighted by atomic mass is 16.7. The van der Waals surface area contributed by atoms with Gasteiger partial charge in [0.05, 0.1) is 16.8 Å². The van der Waals surface area contributed by atoms with Crippen LogP contribution in [-0.2, 0) is 14.1 Å². The van der Waals surface area contributed by atoms with Gasteiger partial charge in [0.15, 0.2) is 5.58 Å². The van der Waals surface area contributed by atoms with Crippen LogP contribution in [0.5, 0.6) is 0 Å². The predicted molar refractivity (Wildman–Crippen MR) is 139 cm³/mol. The van der Waals surface area contributed by atoms with Gasteiger partial charge in [-0.25, -0.2) is 15.0 Å². The van der Waals surface area contributed by atoms with E-state index < -0.39 is 18.3 Å². The molecule has 2 fully saturated rings. The van der Waals surface area contributed by atoms with Gasteiger partial charge in [-0.3, -0.25) is 4.79 Å². The van der Waals surface area contributed by atoms with Gasteiger partial charge in [0.1, 0.15) is 17.2 Å². The zero-order valence-electron chi connectivity index (χ0n) is 21.0. The van der Waals surface area contributed by atoms with E-state index in [1.54, 1.807) is 19.4 Å². The quantitative estimate of drug-likeness (QED) is 0.406. The molecule has 1 aliphatic heterocycles. The van der Waals surface area contributed by atoms with Crippen molar-refractivity contribution in [3.05, 3.63) is 36.7 Å². The Kier molecular flexibility index (Phi) is 5.10. The minimum Gasteiger partial charge on any atom is -0.436 e. The first-order valence-corrected chi connectivity index (χ1v) is 12.2. The molecule has 0 bridgehead atoms. The van der Waals surface area contributed by atoms with Crippen LogP contribution in [-0.4, -0.2) is 46.2 Å². The van der Waals surface area contributed by atoms with Crippen molar-refractivity contribution in [3.63, 3.8) is 0 Å². The summed E-state index contributed by atoms with van der Waals surface area (Å²) in [4.78, 5) is 26.2. The Labute approximate surface area is 209 Å². The van der Waals surface area contributed by atoms with Crippen molar-refractivity contribution in [2.45, 2.75) is 51.7 Å². The summed E-state index contributed by atoms with van der Waals surface area (Å²) >= 11 is 0. The number of aromatic nitrogens is 3. The number of oxazole rings is 1. The summed E-state index contributed by atoms with van der Waals surface area (Å²) in [6.07, 6.45) is 5.28. The molecular weight excluding hydrogens is 457 g/mol. The van der Waals surface area contributed by atoms with Crippen LogP contribution < -0.4 is 16.1 Å². The summed E-state index contributed by atoms with van der Waals surface area (Å²) in [6, 6.07) is 7.58. The first-order chi connectivity index (χ1) is 17.2. The van der Waals surface area contributed by atoms with E-state index in [0.29, 0.717) is 34.2 Å². The number of nitrogens with zero attached hydrogens (tertiary/aromatic N) is 3. The zero-order valence-corrected chi connectivity index (χ0v) is 21.0. The lowest BCUT2D eigenvalue weighted by Crippen LogP contribution is -2.41. The van der Waals surface area contributed by atoms with Gasteiger partial charge in [-0.1, -0.05) is 12.1 Å². The van der Waals surface area contributed by atoms with Crippen molar-refractivity contribution in [2.24, 2.45) is 5.92 Å². The van der Waals surface area contributed by atoms with Crippen LogP contribution >= 0.6 is 0 Å². The van der Waals surface area contributed by atoms with Gasteiger partial charge in [-0.15, -0.1) is 0 Å². The van der Waals surface area contributed by atoms with Gasteiger partial charge in [-0.2, -0.15) is 0 Å². The highest BCUT2D eigenvalue weighted by Gasteiger charge is 2.52. The minimum absolute atomic E-state index is 0.000196. The molecule has 0 unspecified atom stereocenters.